The van der Waals surface area contributed by atoms with Gasteiger partial charge in [-0.05, 0) is 30.2 Å². The van der Waals surface area contributed by atoms with Crippen LogP contribution in [0, 0.1) is 0 Å². The van der Waals surface area contributed by atoms with E-state index in [9.17, 15) is 14.4 Å². The molecule has 3 aromatic rings. The molecule has 10 nitrogen and oxygen atoms in total. The van der Waals surface area contributed by atoms with E-state index in [1.807, 2.05) is 36.4 Å². The van der Waals surface area contributed by atoms with Gasteiger partial charge in [0.1, 0.15) is 11.2 Å². The third-order valence-corrected chi connectivity index (χ3v) is 6.42. The molecule has 0 saturated heterocycles. The highest BCUT2D eigenvalue weighted by Crippen LogP contribution is 2.28. The molecule has 1 aromatic heterocycles. The Morgan fingerprint density at radius 2 is 1.67 bits per heavy atom. The summed E-state index contributed by atoms with van der Waals surface area (Å²) in [6.07, 6.45) is 0. The van der Waals surface area contributed by atoms with Crippen molar-refractivity contribution in [3.63, 3.8) is 0 Å². The number of aromatic nitrogens is 2. The average molecular weight is 492 g/mol. The minimum atomic E-state index is -1.17. The number of amides is 3. The van der Waals surface area contributed by atoms with Crippen LogP contribution in [0.25, 0.3) is 0 Å². The molecule has 36 heavy (non-hydrogen) atoms. The zero-order valence-corrected chi connectivity index (χ0v) is 20.7. The van der Waals surface area contributed by atoms with Crippen LogP contribution in [0.4, 0.5) is 0 Å². The fourth-order valence-corrected chi connectivity index (χ4v) is 4.07. The van der Waals surface area contributed by atoms with Gasteiger partial charge < -0.3 is 25.0 Å². The van der Waals surface area contributed by atoms with Gasteiger partial charge in [0.15, 0.2) is 17.2 Å². The summed E-state index contributed by atoms with van der Waals surface area (Å²) in [5, 5.41) is 10.0. The maximum absolute atomic E-state index is 13.1. The number of nitrogens with one attached hydrogen (secondary N) is 2. The zero-order chi connectivity index (χ0) is 25.9. The van der Waals surface area contributed by atoms with Gasteiger partial charge in [0.05, 0.1) is 20.8 Å². The van der Waals surface area contributed by atoms with Crippen molar-refractivity contribution in [1.29, 1.82) is 0 Å². The minimum Gasteiger partial charge on any atom is -0.493 e. The Balaban J connectivity index is 1.46. The Hall–Kier alpha value is -4.34. The molecule has 3 amide bonds. The molecule has 0 spiro atoms. The number of likely N-dealkylation sites (N-methyl/N-ethyl adjacent to an activating group) is 1. The van der Waals surface area contributed by atoms with Crippen molar-refractivity contribution in [3.05, 3.63) is 77.1 Å². The molecule has 2 aromatic carbocycles. The molecular formula is C26H29N5O5. The molecule has 0 bridgehead atoms. The third-order valence-electron chi connectivity index (χ3n) is 6.42. The largest absolute Gasteiger partial charge is 0.493 e. The Labute approximate surface area is 209 Å². The van der Waals surface area contributed by atoms with Crippen LogP contribution >= 0.6 is 0 Å². The molecule has 0 fully saturated rings. The Morgan fingerprint density at radius 3 is 2.36 bits per heavy atom. The Kier molecular flexibility index (Phi) is 6.96. The van der Waals surface area contributed by atoms with Gasteiger partial charge in [0.2, 0.25) is 5.91 Å². The predicted molar refractivity (Wildman–Crippen MR) is 132 cm³/mol. The fourth-order valence-electron chi connectivity index (χ4n) is 4.07. The van der Waals surface area contributed by atoms with Crippen molar-refractivity contribution in [3.8, 4) is 11.5 Å². The lowest BCUT2D eigenvalue weighted by atomic mass is 9.96. The third kappa shape index (κ3) is 4.74. The van der Waals surface area contributed by atoms with E-state index in [1.54, 1.807) is 40.3 Å². The van der Waals surface area contributed by atoms with Crippen LogP contribution in [0.1, 0.15) is 39.0 Å². The van der Waals surface area contributed by atoms with Gasteiger partial charge in [-0.1, -0.05) is 36.4 Å². The molecule has 0 aliphatic carbocycles. The van der Waals surface area contributed by atoms with E-state index in [-0.39, 0.29) is 36.3 Å². The number of methoxy groups -OCH3 is 2. The normalized spacial score (nSPS) is 16.8. The number of hydrogen-bond acceptors (Lipinski definition) is 6. The van der Waals surface area contributed by atoms with Gasteiger partial charge in [-0.2, -0.15) is 5.10 Å². The van der Waals surface area contributed by atoms with E-state index in [2.05, 4.69) is 15.7 Å². The first-order valence-electron chi connectivity index (χ1n) is 11.4. The summed E-state index contributed by atoms with van der Waals surface area (Å²) in [5.41, 5.74) is 0.942. The second-order valence-electron chi connectivity index (χ2n) is 8.75. The molecule has 188 valence electrons. The molecule has 1 aliphatic rings. The van der Waals surface area contributed by atoms with Crippen molar-refractivity contribution in [2.24, 2.45) is 0 Å². The predicted octanol–water partition coefficient (Wildman–Crippen LogP) is 1.99. The number of hydrogen-bond donors (Lipinski definition) is 2. The molecule has 2 N–H and O–H groups in total. The van der Waals surface area contributed by atoms with Crippen molar-refractivity contribution in [1.82, 2.24) is 25.3 Å². The monoisotopic (exact) mass is 491 g/mol. The Morgan fingerprint density at radius 1 is 0.972 bits per heavy atom. The molecule has 0 saturated carbocycles. The maximum Gasteiger partial charge on any atom is 0.272 e. The molecular weight excluding hydrogens is 462 g/mol. The second-order valence-corrected chi connectivity index (χ2v) is 8.75. The van der Waals surface area contributed by atoms with Crippen molar-refractivity contribution in [2.45, 2.75) is 32.1 Å². The smallest absolute Gasteiger partial charge is 0.272 e. The molecule has 0 radical (unpaired) electrons. The van der Waals surface area contributed by atoms with E-state index in [0.29, 0.717) is 18.0 Å². The van der Waals surface area contributed by atoms with E-state index >= 15 is 0 Å². The first-order valence-corrected chi connectivity index (χ1v) is 11.4. The van der Waals surface area contributed by atoms with E-state index in [1.165, 1.54) is 15.6 Å². The van der Waals surface area contributed by atoms with Crippen LogP contribution in [0.15, 0.2) is 54.6 Å². The maximum atomic E-state index is 13.1. The Bertz CT molecular complexity index is 1290. The van der Waals surface area contributed by atoms with Crippen LogP contribution in [0.2, 0.25) is 0 Å². The standard InChI is InChI=1S/C26H29N5O5/c1-26(25(34)28-14-17-8-6-5-7-9-17)16-31-20(24(33)30(26)2)13-19(29-31)23(32)27-15-18-10-11-21(35-3)22(12-18)36-4/h5-13H,14-16H2,1-4H3,(H,27,32)(H,28,34)/t26-/m1/s1. The first kappa shape index (κ1) is 24.8. The van der Waals surface area contributed by atoms with E-state index in [4.69, 9.17) is 9.47 Å². The van der Waals surface area contributed by atoms with Gasteiger partial charge in [0.25, 0.3) is 11.8 Å². The summed E-state index contributed by atoms with van der Waals surface area (Å²) in [7, 11) is 4.67. The van der Waals surface area contributed by atoms with Crippen molar-refractivity contribution < 1.29 is 23.9 Å². The number of ether oxygens (including phenoxy) is 2. The van der Waals surface area contributed by atoms with Crippen LogP contribution < -0.4 is 20.1 Å². The first-order chi connectivity index (χ1) is 17.3. The number of rotatable bonds is 8. The van der Waals surface area contributed by atoms with Gasteiger partial charge in [0, 0.05) is 26.2 Å². The van der Waals surface area contributed by atoms with Crippen LogP contribution in [-0.4, -0.2) is 59.2 Å². The highest BCUT2D eigenvalue weighted by atomic mass is 16.5. The van der Waals surface area contributed by atoms with Gasteiger partial charge in [-0.25, -0.2) is 0 Å². The quantitative estimate of drug-likeness (QED) is 0.498. The van der Waals surface area contributed by atoms with Gasteiger partial charge >= 0.3 is 0 Å². The highest BCUT2D eigenvalue weighted by Gasteiger charge is 2.46. The minimum absolute atomic E-state index is 0.0983. The topological polar surface area (TPSA) is 115 Å². The molecule has 0 unspecified atom stereocenters. The highest BCUT2D eigenvalue weighted by molar-refractivity contribution is 6.01. The van der Waals surface area contributed by atoms with Crippen LogP contribution in [0.3, 0.4) is 0 Å². The summed E-state index contributed by atoms with van der Waals surface area (Å²) in [4.78, 5) is 40.4. The van der Waals surface area contributed by atoms with Crippen molar-refractivity contribution >= 4 is 17.7 Å². The van der Waals surface area contributed by atoms with Crippen molar-refractivity contribution in [2.75, 3.05) is 21.3 Å². The van der Waals surface area contributed by atoms with Crippen LogP contribution in [-0.2, 0) is 24.4 Å². The lowest BCUT2D eigenvalue weighted by Crippen LogP contribution is -2.62. The lowest BCUT2D eigenvalue weighted by molar-refractivity contribution is -0.132. The molecule has 2 heterocycles. The second kappa shape index (κ2) is 10.1. The molecule has 10 heteroatoms. The number of carbonyl (C=O) groups is 3. The SMILES string of the molecule is COc1ccc(CNC(=O)c2cc3n(n2)C[C@](C)(C(=O)NCc2ccccc2)N(C)C3=O)cc1OC. The van der Waals surface area contributed by atoms with Crippen LogP contribution in [0.5, 0.6) is 11.5 Å². The summed E-state index contributed by atoms with van der Waals surface area (Å²) < 4.78 is 12.0. The van der Waals surface area contributed by atoms with Gasteiger partial charge in [-0.15, -0.1) is 0 Å². The van der Waals surface area contributed by atoms with Gasteiger partial charge in [-0.3, -0.25) is 19.1 Å². The summed E-state index contributed by atoms with van der Waals surface area (Å²) in [5.74, 6) is 0.0261. The molecule has 4 rings (SSSR count). The average Bonchev–Trinajstić information content (AvgIpc) is 3.33. The number of nitrogens with zero attached hydrogens (tertiary/aromatic N) is 3. The number of benzene rings is 2. The summed E-state index contributed by atoms with van der Waals surface area (Å²) >= 11 is 0. The summed E-state index contributed by atoms with van der Waals surface area (Å²) in [6.45, 7) is 2.38. The fraction of sp³-hybridized carbons (Fsp3) is 0.308. The molecule has 1 aliphatic heterocycles. The molecule has 1 atom stereocenters. The number of fused-ring (bicyclic) bond motifs is 1. The zero-order valence-electron chi connectivity index (χ0n) is 20.7. The van der Waals surface area contributed by atoms with E-state index < -0.39 is 11.4 Å². The lowest BCUT2D eigenvalue weighted by Gasteiger charge is -2.40. The number of carbonyl (C=O) groups excluding carboxylic acids is 3. The van der Waals surface area contributed by atoms with E-state index in [0.717, 1.165) is 11.1 Å². The summed E-state index contributed by atoms with van der Waals surface area (Å²) in [6, 6.07) is 16.3.